The van der Waals surface area contributed by atoms with Gasteiger partial charge in [0.05, 0.1) is 79.4 Å². The number of pyridine rings is 3. The van der Waals surface area contributed by atoms with Crippen LogP contribution in [0.4, 0.5) is 0 Å². The van der Waals surface area contributed by atoms with Gasteiger partial charge >= 0.3 is 0 Å². The quantitative estimate of drug-likeness (QED) is 0.234. The molecule has 5 aliphatic heterocycles. The summed E-state index contributed by atoms with van der Waals surface area (Å²) in [6.07, 6.45) is 21.7. The molecule has 224 valence electrons. The SMILES string of the molecule is C1=CC2=C(c3ccccn3)C3=NC(=C(c4ccccn4)C4=NC(=C(c5ccccn5)C5=NC(=C(c6ccccc6)C1=N2)C=C5)C=C4)C=C3. The molecule has 0 atom stereocenters. The van der Waals surface area contributed by atoms with E-state index in [1.165, 1.54) is 0 Å². The van der Waals surface area contributed by atoms with Crippen molar-refractivity contribution in [2.24, 2.45) is 20.0 Å². The fourth-order valence-electron chi connectivity index (χ4n) is 6.31. The first-order valence-corrected chi connectivity index (χ1v) is 15.7. The summed E-state index contributed by atoms with van der Waals surface area (Å²) in [6.45, 7) is 0. The van der Waals surface area contributed by atoms with Crippen molar-refractivity contribution in [2.75, 3.05) is 0 Å². The number of rotatable bonds is 4. The molecule has 4 aromatic rings. The van der Waals surface area contributed by atoms with Crippen LogP contribution in [-0.2, 0) is 0 Å². The lowest BCUT2D eigenvalue weighted by molar-refractivity contribution is 1.26. The Balaban J connectivity index is 1.37. The Hall–Kier alpha value is -6.73. The van der Waals surface area contributed by atoms with Gasteiger partial charge in [-0.05, 0) is 90.6 Å². The molecule has 0 fully saturated rings. The molecule has 48 heavy (non-hydrogen) atoms. The minimum Gasteiger partial charge on any atom is -0.256 e. The molecule has 0 radical (unpaired) electrons. The summed E-state index contributed by atoms with van der Waals surface area (Å²) in [7, 11) is 0. The highest BCUT2D eigenvalue weighted by atomic mass is 14.9. The molecular formula is C41H25N7. The van der Waals surface area contributed by atoms with Gasteiger partial charge in [0.1, 0.15) is 0 Å². The molecule has 9 rings (SSSR count). The molecule has 0 unspecified atom stereocenters. The van der Waals surface area contributed by atoms with Crippen molar-refractivity contribution >= 4 is 45.1 Å². The molecule has 7 nitrogen and oxygen atoms in total. The molecule has 3 aromatic heterocycles. The van der Waals surface area contributed by atoms with E-state index in [9.17, 15) is 0 Å². The first kappa shape index (κ1) is 27.6. The second-order valence-electron chi connectivity index (χ2n) is 11.4. The van der Waals surface area contributed by atoms with Gasteiger partial charge in [-0.15, -0.1) is 0 Å². The highest BCUT2D eigenvalue weighted by molar-refractivity contribution is 6.39. The van der Waals surface area contributed by atoms with Crippen LogP contribution < -0.4 is 0 Å². The summed E-state index contributed by atoms with van der Waals surface area (Å²) in [5.74, 6) is 0. The molecule has 8 bridgehead atoms. The van der Waals surface area contributed by atoms with E-state index in [1.54, 1.807) is 18.6 Å². The third-order valence-corrected chi connectivity index (χ3v) is 8.43. The van der Waals surface area contributed by atoms with Gasteiger partial charge in [-0.25, -0.2) is 20.0 Å². The normalized spacial score (nSPS) is 17.8. The summed E-state index contributed by atoms with van der Waals surface area (Å²) in [4.78, 5) is 35.1. The Kier molecular flexibility index (Phi) is 6.64. The minimum absolute atomic E-state index is 0.755. The van der Waals surface area contributed by atoms with Crippen molar-refractivity contribution in [3.8, 4) is 0 Å². The number of hydrogen-bond acceptors (Lipinski definition) is 7. The lowest BCUT2D eigenvalue weighted by Crippen LogP contribution is -2.05. The van der Waals surface area contributed by atoms with Crippen molar-refractivity contribution < 1.29 is 0 Å². The average molecular weight is 616 g/mol. The third-order valence-electron chi connectivity index (χ3n) is 8.43. The van der Waals surface area contributed by atoms with E-state index in [-0.39, 0.29) is 0 Å². The number of hydrogen-bond donors (Lipinski definition) is 0. The maximum atomic E-state index is 5.24. The molecule has 5 aliphatic rings. The van der Waals surface area contributed by atoms with Crippen LogP contribution in [-0.4, -0.2) is 37.8 Å². The molecular weight excluding hydrogens is 591 g/mol. The standard InChI is InChI=1S/C41H25N7/c1-2-10-26(11-3-1)38-30-15-17-32(45-30)39(27-12-4-7-23-42-27)34-19-21-36(47-34)41(29-14-6-9-25-44-29)37-22-20-35(48-37)40(28-13-5-8-24-43-28)33-18-16-31(38)46-33/h1-25H. The van der Waals surface area contributed by atoms with E-state index >= 15 is 0 Å². The second-order valence-corrected chi connectivity index (χ2v) is 11.4. The molecule has 0 N–H and O–H groups in total. The number of aromatic nitrogens is 3. The van der Waals surface area contributed by atoms with Crippen molar-refractivity contribution in [3.63, 3.8) is 0 Å². The van der Waals surface area contributed by atoms with Crippen LogP contribution in [0, 0.1) is 0 Å². The third kappa shape index (κ3) is 4.82. The van der Waals surface area contributed by atoms with Gasteiger partial charge < -0.3 is 0 Å². The van der Waals surface area contributed by atoms with Gasteiger partial charge in [0.15, 0.2) is 0 Å². The number of fused-ring (bicyclic) bond motifs is 4. The number of nitrogens with zero attached hydrogens (tertiary/aromatic N) is 7. The zero-order chi connectivity index (χ0) is 31.9. The van der Waals surface area contributed by atoms with E-state index in [2.05, 4.69) is 24.3 Å². The first-order chi connectivity index (χ1) is 23.8. The van der Waals surface area contributed by atoms with Crippen molar-refractivity contribution in [2.45, 2.75) is 0 Å². The Labute approximate surface area is 277 Å². The zero-order valence-corrected chi connectivity index (χ0v) is 25.6. The van der Waals surface area contributed by atoms with Crippen molar-refractivity contribution in [1.29, 1.82) is 0 Å². The predicted octanol–water partition coefficient (Wildman–Crippen LogP) is 7.87. The van der Waals surface area contributed by atoms with Crippen molar-refractivity contribution in [3.05, 3.63) is 198 Å². The molecule has 0 saturated carbocycles. The molecule has 0 spiro atoms. The number of aliphatic imine (C=N–C) groups is 4. The Morgan fingerprint density at radius 2 is 0.625 bits per heavy atom. The molecule has 1 aromatic carbocycles. The number of benzene rings is 1. The van der Waals surface area contributed by atoms with E-state index < -0.39 is 0 Å². The summed E-state index contributed by atoms with van der Waals surface area (Å²) in [6, 6.07) is 27.9. The fourth-order valence-corrected chi connectivity index (χ4v) is 6.31. The Morgan fingerprint density at radius 1 is 0.292 bits per heavy atom. The van der Waals surface area contributed by atoms with Crippen LogP contribution in [0.1, 0.15) is 22.6 Å². The van der Waals surface area contributed by atoms with Gasteiger partial charge in [0, 0.05) is 24.2 Å². The highest BCUT2D eigenvalue weighted by Gasteiger charge is 2.28. The maximum Gasteiger partial charge on any atom is 0.0753 e. The van der Waals surface area contributed by atoms with Crippen LogP contribution in [0.25, 0.3) is 22.3 Å². The van der Waals surface area contributed by atoms with Gasteiger partial charge in [0.2, 0.25) is 0 Å². The van der Waals surface area contributed by atoms with Gasteiger partial charge in [-0.1, -0.05) is 48.5 Å². The van der Waals surface area contributed by atoms with Crippen LogP contribution >= 0.6 is 0 Å². The Bertz CT molecular complexity index is 2040. The maximum absolute atomic E-state index is 5.24. The second kappa shape index (κ2) is 11.6. The molecule has 7 heteroatoms. The predicted molar refractivity (Wildman–Crippen MR) is 193 cm³/mol. The summed E-state index contributed by atoms with van der Waals surface area (Å²) in [5.41, 5.74) is 13.0. The van der Waals surface area contributed by atoms with Crippen molar-refractivity contribution in [1.82, 2.24) is 15.0 Å². The summed E-state index contributed by atoms with van der Waals surface area (Å²) < 4.78 is 0. The van der Waals surface area contributed by atoms with Crippen LogP contribution in [0.15, 0.2) is 195 Å². The number of allylic oxidation sites excluding steroid dienone is 12. The van der Waals surface area contributed by atoms with E-state index in [0.29, 0.717) is 0 Å². The van der Waals surface area contributed by atoms with E-state index in [0.717, 1.165) is 90.6 Å². The largest absolute Gasteiger partial charge is 0.256 e. The van der Waals surface area contributed by atoms with Crippen LogP contribution in [0.5, 0.6) is 0 Å². The molecule has 0 aliphatic carbocycles. The highest BCUT2D eigenvalue weighted by Crippen LogP contribution is 2.37. The van der Waals surface area contributed by atoms with Gasteiger partial charge in [-0.3, -0.25) is 15.0 Å². The van der Waals surface area contributed by atoms with Gasteiger partial charge in [0.25, 0.3) is 0 Å². The monoisotopic (exact) mass is 615 g/mol. The summed E-state index contributed by atoms with van der Waals surface area (Å²) in [5, 5.41) is 0. The fraction of sp³-hybridized carbons (Fsp3) is 0. The average Bonchev–Trinajstić information content (AvgIpc) is 3.98. The van der Waals surface area contributed by atoms with E-state index in [4.69, 9.17) is 34.9 Å². The topological polar surface area (TPSA) is 88.1 Å². The van der Waals surface area contributed by atoms with E-state index in [1.807, 2.05) is 109 Å². The molecule has 8 heterocycles. The van der Waals surface area contributed by atoms with Crippen LogP contribution in [0.2, 0.25) is 0 Å². The lowest BCUT2D eigenvalue weighted by atomic mass is 9.99. The first-order valence-electron chi connectivity index (χ1n) is 15.7. The molecule has 0 amide bonds. The Morgan fingerprint density at radius 3 is 0.979 bits per heavy atom. The smallest absolute Gasteiger partial charge is 0.0753 e. The zero-order valence-electron chi connectivity index (χ0n) is 25.6. The molecule has 0 saturated heterocycles. The minimum atomic E-state index is 0.755. The van der Waals surface area contributed by atoms with Gasteiger partial charge in [-0.2, -0.15) is 0 Å². The summed E-state index contributed by atoms with van der Waals surface area (Å²) >= 11 is 0. The van der Waals surface area contributed by atoms with Crippen LogP contribution in [0.3, 0.4) is 0 Å². The lowest BCUT2D eigenvalue weighted by Gasteiger charge is -2.11.